The highest BCUT2D eigenvalue weighted by molar-refractivity contribution is 5.80. The van der Waals surface area contributed by atoms with E-state index in [-0.39, 0.29) is 0 Å². The maximum Gasteiger partial charge on any atom is 0.135 e. The Labute approximate surface area is 75.5 Å². The van der Waals surface area contributed by atoms with Crippen molar-refractivity contribution in [1.82, 2.24) is 0 Å². The molecule has 1 nitrogen and oxygen atoms in total. The Morgan fingerprint density at radius 3 is 2.33 bits per heavy atom. The molecule has 0 aromatic rings. The summed E-state index contributed by atoms with van der Waals surface area (Å²) in [6.07, 6.45) is 6.66. The molecule has 0 amide bonds. The Bertz CT molecular complexity index is 143. The highest BCUT2D eigenvalue weighted by Gasteiger charge is 2.22. The van der Waals surface area contributed by atoms with Gasteiger partial charge in [0.1, 0.15) is 5.78 Å². The van der Waals surface area contributed by atoms with Gasteiger partial charge in [-0.25, -0.2) is 0 Å². The van der Waals surface area contributed by atoms with Gasteiger partial charge in [-0.05, 0) is 25.2 Å². The Morgan fingerprint density at radius 2 is 1.83 bits per heavy atom. The molecule has 1 fully saturated rings. The van der Waals surface area contributed by atoms with Crippen molar-refractivity contribution < 1.29 is 4.79 Å². The maximum atomic E-state index is 11.5. The molecule has 1 rings (SSSR count). The average Bonchev–Trinajstić information content (AvgIpc) is 2.06. The molecule has 1 aliphatic rings. The second-order valence-electron chi connectivity index (χ2n) is 4.17. The molecule has 0 heterocycles. The van der Waals surface area contributed by atoms with Crippen LogP contribution in [-0.4, -0.2) is 5.78 Å². The van der Waals surface area contributed by atoms with Crippen LogP contribution in [0.4, 0.5) is 0 Å². The molecule has 0 spiro atoms. The minimum Gasteiger partial charge on any atom is -0.299 e. The lowest BCUT2D eigenvalue weighted by atomic mass is 9.80. The number of carbonyl (C=O) groups excluding carboxylic acids is 1. The lowest BCUT2D eigenvalue weighted by Gasteiger charge is -2.24. The van der Waals surface area contributed by atoms with Crippen molar-refractivity contribution in [2.75, 3.05) is 0 Å². The summed E-state index contributed by atoms with van der Waals surface area (Å²) in [5.41, 5.74) is 0. The lowest BCUT2D eigenvalue weighted by molar-refractivity contribution is -0.124. The van der Waals surface area contributed by atoms with E-state index in [9.17, 15) is 4.79 Å². The molecule has 0 unspecified atom stereocenters. The third-order valence-electron chi connectivity index (χ3n) is 2.97. The number of ketones is 1. The molecule has 1 aliphatic carbocycles. The molecular weight excluding hydrogens is 148 g/mol. The fraction of sp³-hybridized carbons (Fsp3) is 0.909. The Kier molecular flexibility index (Phi) is 3.77. The van der Waals surface area contributed by atoms with E-state index in [0.29, 0.717) is 11.7 Å². The zero-order valence-corrected chi connectivity index (χ0v) is 8.31. The van der Waals surface area contributed by atoms with E-state index in [4.69, 9.17) is 0 Å². The van der Waals surface area contributed by atoms with Gasteiger partial charge in [0.05, 0.1) is 0 Å². The molecule has 0 saturated heterocycles. The van der Waals surface area contributed by atoms with Crippen molar-refractivity contribution in [3.05, 3.63) is 0 Å². The standard InChI is InChI=1S/C11H20O/c1-3-4-11(12)10-7-5-9(2)6-8-10/h9-10H,3-8H2,1-2H3. The molecular formula is C11H20O. The first-order valence-corrected chi connectivity index (χ1v) is 5.26. The predicted molar refractivity (Wildman–Crippen MR) is 51.0 cm³/mol. The molecule has 1 heteroatoms. The Morgan fingerprint density at radius 1 is 1.25 bits per heavy atom. The van der Waals surface area contributed by atoms with Crippen LogP contribution < -0.4 is 0 Å². The van der Waals surface area contributed by atoms with Crippen molar-refractivity contribution in [1.29, 1.82) is 0 Å². The van der Waals surface area contributed by atoms with E-state index >= 15 is 0 Å². The van der Waals surface area contributed by atoms with Gasteiger partial charge in [0, 0.05) is 12.3 Å². The van der Waals surface area contributed by atoms with Crippen LogP contribution in [0.25, 0.3) is 0 Å². The third-order valence-corrected chi connectivity index (χ3v) is 2.97. The van der Waals surface area contributed by atoms with Gasteiger partial charge < -0.3 is 0 Å². The van der Waals surface area contributed by atoms with Crippen LogP contribution in [0.15, 0.2) is 0 Å². The van der Waals surface area contributed by atoms with Crippen molar-refractivity contribution in [2.45, 2.75) is 52.4 Å². The topological polar surface area (TPSA) is 17.1 Å². The smallest absolute Gasteiger partial charge is 0.135 e. The van der Waals surface area contributed by atoms with Crippen LogP contribution in [0, 0.1) is 11.8 Å². The summed E-state index contributed by atoms with van der Waals surface area (Å²) < 4.78 is 0. The molecule has 70 valence electrons. The van der Waals surface area contributed by atoms with E-state index in [1.807, 2.05) is 0 Å². The van der Waals surface area contributed by atoms with E-state index in [0.717, 1.165) is 31.6 Å². The van der Waals surface area contributed by atoms with E-state index in [2.05, 4.69) is 13.8 Å². The predicted octanol–water partition coefficient (Wildman–Crippen LogP) is 3.18. The number of Topliss-reactive ketones (excluding diaryl/α,β-unsaturated/α-hetero) is 1. The van der Waals surface area contributed by atoms with Gasteiger partial charge in [0.25, 0.3) is 0 Å². The first-order valence-electron chi connectivity index (χ1n) is 5.26. The summed E-state index contributed by atoms with van der Waals surface area (Å²) in [4.78, 5) is 11.5. The highest BCUT2D eigenvalue weighted by atomic mass is 16.1. The van der Waals surface area contributed by atoms with Crippen LogP contribution in [0.5, 0.6) is 0 Å². The van der Waals surface area contributed by atoms with Crippen molar-refractivity contribution >= 4 is 5.78 Å². The largest absolute Gasteiger partial charge is 0.299 e. The van der Waals surface area contributed by atoms with Crippen molar-refractivity contribution in [3.8, 4) is 0 Å². The van der Waals surface area contributed by atoms with Crippen LogP contribution in [0.2, 0.25) is 0 Å². The molecule has 12 heavy (non-hydrogen) atoms. The molecule has 1 saturated carbocycles. The van der Waals surface area contributed by atoms with Crippen molar-refractivity contribution in [3.63, 3.8) is 0 Å². The number of carbonyl (C=O) groups is 1. The molecule has 0 aromatic carbocycles. The SMILES string of the molecule is CCCC(=O)C1CCC(C)CC1. The first-order chi connectivity index (χ1) is 5.74. The summed E-state index contributed by atoms with van der Waals surface area (Å²) >= 11 is 0. The molecule has 0 aromatic heterocycles. The zero-order valence-electron chi connectivity index (χ0n) is 8.31. The lowest BCUT2D eigenvalue weighted by Crippen LogP contribution is -2.20. The summed E-state index contributed by atoms with van der Waals surface area (Å²) in [6.45, 7) is 4.38. The van der Waals surface area contributed by atoms with Gasteiger partial charge in [-0.1, -0.05) is 26.7 Å². The van der Waals surface area contributed by atoms with Gasteiger partial charge in [-0.3, -0.25) is 4.79 Å². The van der Waals surface area contributed by atoms with E-state index < -0.39 is 0 Å². The third kappa shape index (κ3) is 2.62. The van der Waals surface area contributed by atoms with Crippen LogP contribution in [0.3, 0.4) is 0 Å². The zero-order chi connectivity index (χ0) is 8.97. The van der Waals surface area contributed by atoms with Gasteiger partial charge in [-0.2, -0.15) is 0 Å². The van der Waals surface area contributed by atoms with Gasteiger partial charge >= 0.3 is 0 Å². The molecule has 0 atom stereocenters. The average molecular weight is 168 g/mol. The van der Waals surface area contributed by atoms with Crippen LogP contribution >= 0.6 is 0 Å². The van der Waals surface area contributed by atoms with E-state index in [1.54, 1.807) is 0 Å². The summed E-state index contributed by atoms with van der Waals surface area (Å²) in [6, 6.07) is 0. The summed E-state index contributed by atoms with van der Waals surface area (Å²) in [7, 11) is 0. The van der Waals surface area contributed by atoms with Crippen LogP contribution in [-0.2, 0) is 4.79 Å². The maximum absolute atomic E-state index is 11.5. The Hall–Kier alpha value is -0.330. The fourth-order valence-electron chi connectivity index (χ4n) is 2.03. The van der Waals surface area contributed by atoms with Gasteiger partial charge in [-0.15, -0.1) is 0 Å². The highest BCUT2D eigenvalue weighted by Crippen LogP contribution is 2.29. The first kappa shape index (κ1) is 9.76. The molecule has 0 aliphatic heterocycles. The number of rotatable bonds is 3. The number of hydrogen-bond donors (Lipinski definition) is 0. The number of hydrogen-bond acceptors (Lipinski definition) is 1. The minimum atomic E-state index is 0.418. The minimum absolute atomic E-state index is 0.418. The molecule has 0 bridgehead atoms. The second-order valence-corrected chi connectivity index (χ2v) is 4.17. The fourth-order valence-corrected chi connectivity index (χ4v) is 2.03. The summed E-state index contributed by atoms with van der Waals surface area (Å²) in [5, 5.41) is 0. The molecule has 0 radical (unpaired) electrons. The van der Waals surface area contributed by atoms with E-state index in [1.165, 1.54) is 12.8 Å². The van der Waals surface area contributed by atoms with Crippen LogP contribution in [0.1, 0.15) is 52.4 Å². The monoisotopic (exact) mass is 168 g/mol. The second kappa shape index (κ2) is 4.64. The van der Waals surface area contributed by atoms with Gasteiger partial charge in [0.2, 0.25) is 0 Å². The van der Waals surface area contributed by atoms with Crippen molar-refractivity contribution in [2.24, 2.45) is 11.8 Å². The normalized spacial score (nSPS) is 30.2. The van der Waals surface area contributed by atoms with Gasteiger partial charge in [0.15, 0.2) is 0 Å². The summed E-state index contributed by atoms with van der Waals surface area (Å²) in [5.74, 6) is 1.79. The molecule has 0 N–H and O–H groups in total. The Balaban J connectivity index is 2.29. The quantitative estimate of drug-likeness (QED) is 0.632.